The maximum atomic E-state index is 11.5. The molecular weight excluding hydrogens is 238 g/mol. The predicted octanol–water partition coefficient (Wildman–Crippen LogP) is 2.12. The fourth-order valence-electron chi connectivity index (χ4n) is 1.36. The van der Waals surface area contributed by atoms with Gasteiger partial charge in [-0.1, -0.05) is 0 Å². The van der Waals surface area contributed by atoms with Crippen molar-refractivity contribution in [2.24, 2.45) is 0 Å². The Labute approximate surface area is 104 Å². The lowest BCUT2D eigenvalue weighted by Crippen LogP contribution is -2.04. The summed E-state index contributed by atoms with van der Waals surface area (Å²) in [6.45, 7) is 1.35. The van der Waals surface area contributed by atoms with Crippen LogP contribution in [0.2, 0.25) is 0 Å². The Bertz CT molecular complexity index is 507. The number of esters is 1. The smallest absolute Gasteiger partial charge is 0.338 e. The van der Waals surface area contributed by atoms with Gasteiger partial charge in [-0.05, 0) is 23.8 Å². The van der Waals surface area contributed by atoms with E-state index in [1.165, 1.54) is 33.3 Å². The van der Waals surface area contributed by atoms with E-state index in [-0.39, 0.29) is 11.3 Å². The van der Waals surface area contributed by atoms with Crippen molar-refractivity contribution in [3.8, 4) is 5.75 Å². The Morgan fingerprint density at radius 1 is 1.39 bits per heavy atom. The summed E-state index contributed by atoms with van der Waals surface area (Å²) in [5.74, 6) is -0.0508. The number of benzene rings is 1. The molecule has 0 bridgehead atoms. The molecule has 6 heteroatoms. The lowest BCUT2D eigenvalue weighted by atomic mass is 10.1. The van der Waals surface area contributed by atoms with Crippen molar-refractivity contribution >= 4 is 12.0 Å². The average Bonchev–Trinajstić information content (AvgIpc) is 2.37. The first-order valence-corrected chi connectivity index (χ1v) is 5.08. The number of hydrogen-bond donors (Lipinski definition) is 0. The summed E-state index contributed by atoms with van der Waals surface area (Å²) in [5.41, 5.74) is 0.559. The van der Waals surface area contributed by atoms with Gasteiger partial charge >= 0.3 is 5.97 Å². The molecule has 0 heterocycles. The van der Waals surface area contributed by atoms with E-state index in [4.69, 9.17) is 4.74 Å². The highest BCUT2D eigenvalue weighted by Gasteiger charge is 2.13. The van der Waals surface area contributed by atoms with E-state index in [2.05, 4.69) is 4.74 Å². The maximum Gasteiger partial charge on any atom is 0.338 e. The van der Waals surface area contributed by atoms with Crippen LogP contribution in [0.5, 0.6) is 5.75 Å². The molecule has 0 fully saturated rings. The molecule has 0 amide bonds. The topological polar surface area (TPSA) is 78.7 Å². The monoisotopic (exact) mass is 251 g/mol. The molecule has 1 rings (SSSR count). The van der Waals surface area contributed by atoms with Crippen LogP contribution in [-0.2, 0) is 4.74 Å². The minimum absolute atomic E-state index is 0.0755. The van der Waals surface area contributed by atoms with Crippen molar-refractivity contribution in [3.63, 3.8) is 0 Å². The van der Waals surface area contributed by atoms with Gasteiger partial charge in [0.15, 0.2) is 0 Å². The van der Waals surface area contributed by atoms with Crippen molar-refractivity contribution in [1.82, 2.24) is 0 Å². The van der Waals surface area contributed by atoms with Gasteiger partial charge in [-0.3, -0.25) is 10.1 Å². The number of allylic oxidation sites excluding steroid dienone is 1. The van der Waals surface area contributed by atoms with Crippen molar-refractivity contribution in [2.45, 2.75) is 6.92 Å². The van der Waals surface area contributed by atoms with E-state index in [0.717, 1.165) is 0 Å². The maximum absolute atomic E-state index is 11.5. The Balaban J connectivity index is 3.32. The second kappa shape index (κ2) is 5.81. The quantitative estimate of drug-likeness (QED) is 0.465. The van der Waals surface area contributed by atoms with E-state index in [0.29, 0.717) is 11.3 Å². The lowest BCUT2D eigenvalue weighted by Gasteiger charge is -2.06. The van der Waals surface area contributed by atoms with Crippen LogP contribution in [0.25, 0.3) is 6.08 Å². The number of ether oxygens (including phenoxy) is 2. The zero-order valence-corrected chi connectivity index (χ0v) is 10.3. The Kier molecular flexibility index (Phi) is 4.42. The fourth-order valence-corrected chi connectivity index (χ4v) is 1.36. The van der Waals surface area contributed by atoms with Crippen molar-refractivity contribution in [1.29, 1.82) is 0 Å². The Morgan fingerprint density at radius 3 is 2.56 bits per heavy atom. The van der Waals surface area contributed by atoms with Crippen molar-refractivity contribution in [3.05, 3.63) is 45.1 Å². The van der Waals surface area contributed by atoms with Crippen LogP contribution in [0, 0.1) is 10.1 Å². The highest BCUT2D eigenvalue weighted by molar-refractivity contribution is 5.93. The predicted molar refractivity (Wildman–Crippen MR) is 65.0 cm³/mol. The van der Waals surface area contributed by atoms with Gasteiger partial charge in [-0.2, -0.15) is 0 Å². The van der Waals surface area contributed by atoms with Gasteiger partial charge in [-0.25, -0.2) is 4.79 Å². The normalized spacial score (nSPS) is 10.9. The molecule has 0 atom stereocenters. The van der Waals surface area contributed by atoms with E-state index in [1.807, 2.05) is 0 Å². The van der Waals surface area contributed by atoms with Gasteiger partial charge in [0, 0.05) is 13.0 Å². The lowest BCUT2D eigenvalue weighted by molar-refractivity contribution is -0.422. The van der Waals surface area contributed by atoms with Gasteiger partial charge < -0.3 is 9.47 Å². The molecule has 18 heavy (non-hydrogen) atoms. The number of hydrogen-bond acceptors (Lipinski definition) is 5. The molecule has 0 N–H and O–H groups in total. The molecule has 96 valence electrons. The molecule has 0 aliphatic heterocycles. The molecule has 0 aromatic heterocycles. The summed E-state index contributed by atoms with van der Waals surface area (Å²) in [4.78, 5) is 21.6. The molecule has 0 aliphatic carbocycles. The Hall–Kier alpha value is -2.37. The van der Waals surface area contributed by atoms with Gasteiger partial charge in [0.25, 0.3) is 0 Å². The Morgan fingerprint density at radius 2 is 2.06 bits per heavy atom. The van der Waals surface area contributed by atoms with Crippen LogP contribution < -0.4 is 4.74 Å². The number of carbonyl (C=O) groups is 1. The largest absolute Gasteiger partial charge is 0.497 e. The molecule has 0 saturated carbocycles. The number of nitro groups is 1. The molecule has 1 aromatic rings. The number of rotatable bonds is 4. The fraction of sp³-hybridized carbons (Fsp3) is 0.250. The summed E-state index contributed by atoms with van der Waals surface area (Å²) < 4.78 is 9.63. The van der Waals surface area contributed by atoms with Crippen LogP contribution >= 0.6 is 0 Å². The van der Waals surface area contributed by atoms with E-state index in [1.54, 1.807) is 12.1 Å². The summed E-state index contributed by atoms with van der Waals surface area (Å²) in [6, 6.07) is 4.63. The molecular formula is C12H13NO5. The van der Waals surface area contributed by atoms with Crippen molar-refractivity contribution < 1.29 is 19.2 Å². The second-order valence-corrected chi connectivity index (χ2v) is 3.49. The van der Waals surface area contributed by atoms with Crippen molar-refractivity contribution in [2.75, 3.05) is 14.2 Å². The van der Waals surface area contributed by atoms with Gasteiger partial charge in [0.1, 0.15) is 5.75 Å². The number of carbonyl (C=O) groups excluding carboxylic acids is 1. The highest BCUT2D eigenvalue weighted by Crippen LogP contribution is 2.21. The zero-order valence-electron chi connectivity index (χ0n) is 10.3. The molecule has 6 nitrogen and oxygen atoms in total. The minimum atomic E-state index is -0.556. The first-order chi connectivity index (χ1) is 8.49. The third kappa shape index (κ3) is 3.07. The minimum Gasteiger partial charge on any atom is -0.497 e. The molecule has 0 aliphatic rings. The zero-order chi connectivity index (χ0) is 13.7. The highest BCUT2D eigenvalue weighted by atomic mass is 16.6. The van der Waals surface area contributed by atoms with Gasteiger partial charge in [0.05, 0.1) is 24.7 Å². The molecule has 0 radical (unpaired) electrons. The molecule has 0 unspecified atom stereocenters. The van der Waals surface area contributed by atoms with E-state index >= 15 is 0 Å². The standard InChI is InChI=1S/C12H13NO5/c1-8(13(15)16)6-9-7-10(17-2)4-5-11(9)12(14)18-3/h4-7H,1-3H3. The first kappa shape index (κ1) is 13.7. The van der Waals surface area contributed by atoms with E-state index in [9.17, 15) is 14.9 Å². The van der Waals surface area contributed by atoms with Crippen LogP contribution in [0.3, 0.4) is 0 Å². The third-order valence-corrected chi connectivity index (χ3v) is 2.32. The summed E-state index contributed by atoms with van der Waals surface area (Å²) >= 11 is 0. The molecule has 1 aromatic carbocycles. The van der Waals surface area contributed by atoms with Crippen LogP contribution in [0.4, 0.5) is 0 Å². The number of methoxy groups -OCH3 is 2. The van der Waals surface area contributed by atoms with Crippen LogP contribution in [0.1, 0.15) is 22.8 Å². The third-order valence-electron chi connectivity index (χ3n) is 2.32. The SMILES string of the molecule is COC(=O)c1ccc(OC)cc1C=C(C)[N+](=O)[O-]. The van der Waals surface area contributed by atoms with Crippen LogP contribution in [0.15, 0.2) is 23.9 Å². The summed E-state index contributed by atoms with van der Waals surface area (Å²) in [7, 11) is 2.72. The van der Waals surface area contributed by atoms with Crippen LogP contribution in [-0.4, -0.2) is 25.1 Å². The van der Waals surface area contributed by atoms with Gasteiger partial charge in [-0.15, -0.1) is 0 Å². The summed E-state index contributed by atoms with van der Waals surface area (Å²) in [6.07, 6.45) is 1.30. The molecule has 0 saturated heterocycles. The average molecular weight is 251 g/mol. The van der Waals surface area contributed by atoms with E-state index < -0.39 is 10.9 Å². The molecule has 0 spiro atoms. The summed E-state index contributed by atoms with van der Waals surface area (Å²) in [5, 5.41) is 10.6. The van der Waals surface area contributed by atoms with Gasteiger partial charge in [0.2, 0.25) is 5.70 Å². The first-order valence-electron chi connectivity index (χ1n) is 5.08. The number of nitrogens with zero attached hydrogens (tertiary/aromatic N) is 1. The second-order valence-electron chi connectivity index (χ2n) is 3.49.